The van der Waals surface area contributed by atoms with Gasteiger partial charge in [0.1, 0.15) is 0 Å². The molecule has 2 aromatic carbocycles. The summed E-state index contributed by atoms with van der Waals surface area (Å²) in [5.74, 6) is 0.510. The minimum absolute atomic E-state index is 0.510. The number of nitrogens with one attached hydrogen (secondary N) is 1. The molecule has 1 aliphatic rings. The van der Waals surface area contributed by atoms with Gasteiger partial charge in [0.2, 0.25) is 0 Å². The van der Waals surface area contributed by atoms with Gasteiger partial charge in [-0.15, -0.1) is 0 Å². The maximum Gasteiger partial charge on any atom is 0.0406 e. The molecule has 2 heteroatoms. The summed E-state index contributed by atoms with van der Waals surface area (Å²) in [7, 11) is 0. The van der Waals surface area contributed by atoms with E-state index in [0.29, 0.717) is 5.92 Å². The van der Waals surface area contributed by atoms with Gasteiger partial charge in [0.25, 0.3) is 0 Å². The Labute approximate surface area is 126 Å². The Balaban J connectivity index is 1.73. The molecule has 0 amide bonds. The molecule has 20 heavy (non-hydrogen) atoms. The zero-order valence-electron chi connectivity index (χ0n) is 11.6. The Morgan fingerprint density at radius 1 is 1.00 bits per heavy atom. The van der Waals surface area contributed by atoms with Crippen molar-refractivity contribution in [3.05, 3.63) is 70.7 Å². The fourth-order valence-electron chi connectivity index (χ4n) is 2.54. The molecule has 3 rings (SSSR count). The summed E-state index contributed by atoms with van der Waals surface area (Å²) in [6.45, 7) is 1.04. The second-order valence-corrected chi connectivity index (χ2v) is 6.06. The summed E-state index contributed by atoms with van der Waals surface area (Å²) in [5.41, 5.74) is 2.76. The number of benzene rings is 2. The van der Waals surface area contributed by atoms with E-state index < -0.39 is 0 Å². The smallest absolute Gasteiger partial charge is 0.0406 e. The van der Waals surface area contributed by atoms with Gasteiger partial charge < -0.3 is 5.32 Å². The second kappa shape index (κ2) is 6.43. The molecule has 0 saturated heterocycles. The van der Waals surface area contributed by atoms with Crippen molar-refractivity contribution in [1.82, 2.24) is 5.32 Å². The summed E-state index contributed by atoms with van der Waals surface area (Å²) < 4.78 is 0. The third-order valence-electron chi connectivity index (χ3n) is 3.90. The molecule has 1 unspecified atom stereocenters. The Kier molecular flexibility index (Phi) is 4.39. The minimum atomic E-state index is 0.510. The highest BCUT2D eigenvalue weighted by Crippen LogP contribution is 2.25. The topological polar surface area (TPSA) is 12.0 Å². The molecule has 1 N–H and O–H groups in total. The van der Waals surface area contributed by atoms with Crippen LogP contribution in [0.15, 0.2) is 54.6 Å². The van der Waals surface area contributed by atoms with Crippen LogP contribution in [0.2, 0.25) is 5.02 Å². The highest BCUT2D eigenvalue weighted by Gasteiger charge is 2.22. The van der Waals surface area contributed by atoms with Gasteiger partial charge >= 0.3 is 0 Å². The lowest BCUT2D eigenvalue weighted by Gasteiger charge is -2.18. The van der Waals surface area contributed by atoms with Gasteiger partial charge in [-0.1, -0.05) is 54.1 Å². The zero-order valence-corrected chi connectivity index (χ0v) is 12.3. The fraction of sp³-hybridized carbons (Fsp3) is 0.333. The van der Waals surface area contributed by atoms with Crippen LogP contribution in [0.5, 0.6) is 0 Å². The van der Waals surface area contributed by atoms with Crippen LogP contribution in [0, 0.1) is 0 Å². The SMILES string of the molecule is Clc1ccc(C(CNC2CC2)Cc2ccccc2)cc1. The Morgan fingerprint density at radius 2 is 1.70 bits per heavy atom. The molecule has 104 valence electrons. The van der Waals surface area contributed by atoms with E-state index in [4.69, 9.17) is 11.6 Å². The van der Waals surface area contributed by atoms with Crippen molar-refractivity contribution < 1.29 is 0 Å². The van der Waals surface area contributed by atoms with Crippen LogP contribution in [0.1, 0.15) is 29.9 Å². The van der Waals surface area contributed by atoms with Crippen LogP contribution in [0.3, 0.4) is 0 Å². The highest BCUT2D eigenvalue weighted by atomic mass is 35.5. The predicted octanol–water partition coefficient (Wildman–Crippen LogP) is 4.42. The lowest BCUT2D eigenvalue weighted by Crippen LogP contribution is -2.24. The van der Waals surface area contributed by atoms with Crippen molar-refractivity contribution >= 4 is 11.6 Å². The maximum atomic E-state index is 6.00. The molecule has 0 heterocycles. The first-order chi connectivity index (χ1) is 9.81. The van der Waals surface area contributed by atoms with Crippen LogP contribution in [0.25, 0.3) is 0 Å². The lowest BCUT2D eigenvalue weighted by molar-refractivity contribution is 0.577. The molecule has 1 saturated carbocycles. The monoisotopic (exact) mass is 285 g/mol. The van der Waals surface area contributed by atoms with E-state index in [2.05, 4.69) is 47.8 Å². The van der Waals surface area contributed by atoms with E-state index >= 15 is 0 Å². The Bertz CT molecular complexity index is 531. The third kappa shape index (κ3) is 3.84. The normalized spacial score (nSPS) is 16.1. The van der Waals surface area contributed by atoms with Gasteiger partial charge in [0, 0.05) is 23.5 Å². The molecular weight excluding hydrogens is 266 g/mol. The van der Waals surface area contributed by atoms with Gasteiger partial charge in [-0.3, -0.25) is 0 Å². The van der Waals surface area contributed by atoms with Gasteiger partial charge in [0.15, 0.2) is 0 Å². The van der Waals surface area contributed by atoms with Crippen molar-refractivity contribution in [3.63, 3.8) is 0 Å². The largest absolute Gasteiger partial charge is 0.313 e. The summed E-state index contributed by atoms with van der Waals surface area (Å²) in [5, 5.41) is 4.46. The molecule has 0 aliphatic heterocycles. The van der Waals surface area contributed by atoms with E-state index in [-0.39, 0.29) is 0 Å². The van der Waals surface area contributed by atoms with E-state index in [0.717, 1.165) is 24.0 Å². The first-order valence-electron chi connectivity index (χ1n) is 7.34. The third-order valence-corrected chi connectivity index (χ3v) is 4.15. The first kappa shape index (κ1) is 13.7. The van der Waals surface area contributed by atoms with Gasteiger partial charge in [-0.2, -0.15) is 0 Å². The average molecular weight is 286 g/mol. The molecule has 0 radical (unpaired) electrons. The van der Waals surface area contributed by atoms with Crippen LogP contribution >= 0.6 is 11.6 Å². The lowest BCUT2D eigenvalue weighted by atomic mass is 9.92. The van der Waals surface area contributed by atoms with E-state index in [1.54, 1.807) is 0 Å². The van der Waals surface area contributed by atoms with Crippen molar-refractivity contribution in [1.29, 1.82) is 0 Å². The van der Waals surface area contributed by atoms with E-state index in [1.165, 1.54) is 24.0 Å². The molecule has 0 aromatic heterocycles. The van der Waals surface area contributed by atoms with Crippen LogP contribution in [-0.4, -0.2) is 12.6 Å². The number of rotatable bonds is 6. The van der Waals surface area contributed by atoms with Gasteiger partial charge in [0.05, 0.1) is 0 Å². The van der Waals surface area contributed by atoms with Crippen molar-refractivity contribution in [3.8, 4) is 0 Å². The zero-order chi connectivity index (χ0) is 13.8. The van der Waals surface area contributed by atoms with Crippen LogP contribution in [-0.2, 0) is 6.42 Å². The average Bonchev–Trinajstić information content (AvgIpc) is 3.30. The number of hydrogen-bond acceptors (Lipinski definition) is 1. The second-order valence-electron chi connectivity index (χ2n) is 5.62. The summed E-state index contributed by atoms with van der Waals surface area (Å²) in [6, 6.07) is 19.8. The molecule has 1 fully saturated rings. The van der Waals surface area contributed by atoms with Gasteiger partial charge in [-0.05, 0) is 42.5 Å². The van der Waals surface area contributed by atoms with Crippen LogP contribution < -0.4 is 5.32 Å². The molecule has 0 spiro atoms. The predicted molar refractivity (Wildman–Crippen MR) is 85.4 cm³/mol. The van der Waals surface area contributed by atoms with E-state index in [9.17, 15) is 0 Å². The molecule has 1 atom stereocenters. The summed E-state index contributed by atoms with van der Waals surface area (Å²) >= 11 is 6.00. The molecule has 1 aliphatic carbocycles. The van der Waals surface area contributed by atoms with Crippen molar-refractivity contribution in [2.75, 3.05) is 6.54 Å². The summed E-state index contributed by atoms with van der Waals surface area (Å²) in [6.07, 6.45) is 3.74. The molecule has 0 bridgehead atoms. The summed E-state index contributed by atoms with van der Waals surface area (Å²) in [4.78, 5) is 0. The number of halogens is 1. The Morgan fingerprint density at radius 3 is 2.35 bits per heavy atom. The molecule has 1 nitrogen and oxygen atoms in total. The first-order valence-corrected chi connectivity index (χ1v) is 7.72. The fourth-order valence-corrected chi connectivity index (χ4v) is 2.66. The highest BCUT2D eigenvalue weighted by molar-refractivity contribution is 6.30. The maximum absolute atomic E-state index is 6.00. The molecular formula is C18H20ClN. The number of hydrogen-bond donors (Lipinski definition) is 1. The van der Waals surface area contributed by atoms with Crippen molar-refractivity contribution in [2.24, 2.45) is 0 Å². The Hall–Kier alpha value is -1.31. The minimum Gasteiger partial charge on any atom is -0.313 e. The van der Waals surface area contributed by atoms with Gasteiger partial charge in [-0.25, -0.2) is 0 Å². The van der Waals surface area contributed by atoms with E-state index in [1.807, 2.05) is 12.1 Å². The van der Waals surface area contributed by atoms with Crippen molar-refractivity contribution in [2.45, 2.75) is 31.2 Å². The van der Waals surface area contributed by atoms with Crippen LogP contribution in [0.4, 0.5) is 0 Å². The molecule has 2 aromatic rings. The standard InChI is InChI=1S/C18H20ClN/c19-17-8-6-15(7-9-17)16(13-20-18-10-11-18)12-14-4-2-1-3-5-14/h1-9,16,18,20H,10-13H2. The quantitative estimate of drug-likeness (QED) is 0.828.